The van der Waals surface area contributed by atoms with Crippen LogP contribution in [0.2, 0.25) is 0 Å². The molecular weight excluding hydrogens is 280 g/mol. The summed E-state index contributed by atoms with van der Waals surface area (Å²) in [5, 5.41) is 0. The van der Waals surface area contributed by atoms with E-state index in [1.807, 2.05) is 0 Å². The number of hydrogen-bond donors (Lipinski definition) is 0. The molecule has 0 aliphatic rings. The molecule has 0 radical (unpaired) electrons. The summed E-state index contributed by atoms with van der Waals surface area (Å²) in [5.74, 6) is -1.13. The molecule has 4 nitrogen and oxygen atoms in total. The zero-order chi connectivity index (χ0) is 17.0. The predicted molar refractivity (Wildman–Crippen MR) is 88.5 cm³/mol. The van der Waals surface area contributed by atoms with Gasteiger partial charge in [0.25, 0.3) is 0 Å². The van der Waals surface area contributed by atoms with Crippen LogP contribution in [0.15, 0.2) is 12.2 Å². The molecule has 0 aromatic rings. The van der Waals surface area contributed by atoms with E-state index in [9.17, 15) is 9.59 Å². The highest BCUT2D eigenvalue weighted by Gasteiger charge is 2.46. The molecule has 4 heteroatoms. The number of unbranched alkanes of at least 4 members (excludes halogenated alkanes) is 5. The molecule has 0 rings (SSSR count). The highest BCUT2D eigenvalue weighted by atomic mass is 16.6. The Hall–Kier alpha value is -1.32. The maximum atomic E-state index is 12.2. The predicted octanol–water partition coefficient (Wildman–Crippen LogP) is 4.43. The molecule has 0 atom stereocenters. The Balaban J connectivity index is 4.63. The van der Waals surface area contributed by atoms with Crippen LogP contribution < -0.4 is 0 Å². The van der Waals surface area contributed by atoms with Crippen LogP contribution >= 0.6 is 0 Å². The van der Waals surface area contributed by atoms with E-state index < -0.39 is 17.4 Å². The van der Waals surface area contributed by atoms with E-state index in [2.05, 4.69) is 13.5 Å². The van der Waals surface area contributed by atoms with Gasteiger partial charge in [-0.2, -0.15) is 0 Å². The SMILES string of the molecule is C=C(CCCCCCCC)C(C)(C(=O)OCC)C(=O)OCC. The van der Waals surface area contributed by atoms with Crippen molar-refractivity contribution in [3.8, 4) is 0 Å². The fourth-order valence-corrected chi connectivity index (χ4v) is 2.29. The van der Waals surface area contributed by atoms with E-state index in [1.54, 1.807) is 20.8 Å². The molecule has 0 aromatic carbocycles. The van der Waals surface area contributed by atoms with Crippen molar-refractivity contribution in [3.05, 3.63) is 12.2 Å². The third kappa shape index (κ3) is 6.20. The summed E-state index contributed by atoms with van der Waals surface area (Å²) < 4.78 is 10.1. The van der Waals surface area contributed by atoms with Crippen LogP contribution in [-0.4, -0.2) is 25.2 Å². The summed E-state index contributed by atoms with van der Waals surface area (Å²) in [6.45, 7) is 11.6. The Morgan fingerprint density at radius 2 is 1.32 bits per heavy atom. The van der Waals surface area contributed by atoms with Crippen LogP contribution in [0.3, 0.4) is 0 Å². The first-order valence-corrected chi connectivity index (χ1v) is 8.47. The molecule has 0 aromatic heterocycles. The molecule has 0 heterocycles. The quantitative estimate of drug-likeness (QED) is 0.231. The summed E-state index contributed by atoms with van der Waals surface area (Å²) in [6.07, 6.45) is 7.53. The molecule has 128 valence electrons. The second-order valence-electron chi connectivity index (χ2n) is 5.69. The van der Waals surface area contributed by atoms with Gasteiger partial charge in [-0.05, 0) is 39.2 Å². The second-order valence-corrected chi connectivity index (χ2v) is 5.69. The summed E-state index contributed by atoms with van der Waals surface area (Å²) >= 11 is 0. The summed E-state index contributed by atoms with van der Waals surface area (Å²) in [5.41, 5.74) is -0.810. The molecular formula is C18H32O4. The van der Waals surface area contributed by atoms with Crippen LogP contribution in [0.5, 0.6) is 0 Å². The number of ether oxygens (including phenoxy) is 2. The number of esters is 2. The fraction of sp³-hybridized carbons (Fsp3) is 0.778. The van der Waals surface area contributed by atoms with Gasteiger partial charge in [-0.3, -0.25) is 9.59 Å². The Labute approximate surface area is 135 Å². The van der Waals surface area contributed by atoms with E-state index in [-0.39, 0.29) is 13.2 Å². The molecule has 0 aliphatic carbocycles. The Morgan fingerprint density at radius 3 is 1.77 bits per heavy atom. The highest BCUT2D eigenvalue weighted by molar-refractivity contribution is 6.02. The lowest BCUT2D eigenvalue weighted by molar-refractivity contribution is -0.167. The van der Waals surface area contributed by atoms with E-state index in [4.69, 9.17) is 9.47 Å². The summed E-state index contributed by atoms with van der Waals surface area (Å²) in [6, 6.07) is 0. The average Bonchev–Trinajstić information content (AvgIpc) is 2.50. The van der Waals surface area contributed by atoms with Crippen molar-refractivity contribution in [3.63, 3.8) is 0 Å². The van der Waals surface area contributed by atoms with Gasteiger partial charge in [0.05, 0.1) is 13.2 Å². The molecule has 0 unspecified atom stereocenters. The van der Waals surface area contributed by atoms with Crippen molar-refractivity contribution in [2.45, 2.75) is 72.6 Å². The van der Waals surface area contributed by atoms with Crippen molar-refractivity contribution in [2.75, 3.05) is 13.2 Å². The maximum absolute atomic E-state index is 12.2. The van der Waals surface area contributed by atoms with Crippen LogP contribution in [0.25, 0.3) is 0 Å². The molecule has 0 amide bonds. The Morgan fingerprint density at radius 1 is 0.864 bits per heavy atom. The maximum Gasteiger partial charge on any atom is 0.327 e. The molecule has 0 N–H and O–H groups in total. The van der Waals surface area contributed by atoms with Gasteiger partial charge >= 0.3 is 11.9 Å². The monoisotopic (exact) mass is 312 g/mol. The van der Waals surface area contributed by atoms with Gasteiger partial charge in [-0.25, -0.2) is 0 Å². The smallest absolute Gasteiger partial charge is 0.327 e. The van der Waals surface area contributed by atoms with Gasteiger partial charge in [-0.15, -0.1) is 0 Å². The lowest BCUT2D eigenvalue weighted by Gasteiger charge is -2.27. The minimum absolute atomic E-state index is 0.234. The van der Waals surface area contributed by atoms with Crippen LogP contribution in [-0.2, 0) is 19.1 Å². The zero-order valence-electron chi connectivity index (χ0n) is 14.7. The number of carbonyl (C=O) groups excluding carboxylic acids is 2. The first kappa shape index (κ1) is 20.7. The second kappa shape index (κ2) is 11.3. The normalized spacial score (nSPS) is 11.1. The summed E-state index contributed by atoms with van der Waals surface area (Å²) in [7, 11) is 0. The zero-order valence-corrected chi connectivity index (χ0v) is 14.7. The topological polar surface area (TPSA) is 52.6 Å². The highest BCUT2D eigenvalue weighted by Crippen LogP contribution is 2.33. The van der Waals surface area contributed by atoms with Gasteiger partial charge in [0.2, 0.25) is 0 Å². The van der Waals surface area contributed by atoms with Gasteiger partial charge in [0.15, 0.2) is 5.41 Å². The first-order valence-electron chi connectivity index (χ1n) is 8.47. The Bertz CT molecular complexity index is 342. The molecule has 0 saturated carbocycles. The van der Waals surface area contributed by atoms with E-state index in [1.165, 1.54) is 25.7 Å². The van der Waals surface area contributed by atoms with E-state index >= 15 is 0 Å². The molecule has 0 fully saturated rings. The standard InChI is InChI=1S/C18H32O4/c1-6-9-10-11-12-13-14-15(4)18(5,16(19)21-7-2)17(20)22-8-3/h4,6-14H2,1-3,5H3. The van der Waals surface area contributed by atoms with Crippen molar-refractivity contribution in [1.29, 1.82) is 0 Å². The molecule has 0 saturated heterocycles. The van der Waals surface area contributed by atoms with E-state index in [0.29, 0.717) is 12.0 Å². The Kier molecular flexibility index (Phi) is 10.6. The molecule has 0 bridgehead atoms. The number of carbonyl (C=O) groups is 2. The first-order chi connectivity index (χ1) is 10.4. The lowest BCUT2D eigenvalue weighted by atomic mass is 9.80. The van der Waals surface area contributed by atoms with Gasteiger partial charge in [0, 0.05) is 0 Å². The van der Waals surface area contributed by atoms with E-state index in [0.717, 1.165) is 12.8 Å². The van der Waals surface area contributed by atoms with Crippen molar-refractivity contribution < 1.29 is 19.1 Å². The third-order valence-corrected chi connectivity index (χ3v) is 3.91. The van der Waals surface area contributed by atoms with Crippen LogP contribution in [0, 0.1) is 5.41 Å². The minimum atomic E-state index is -1.39. The average molecular weight is 312 g/mol. The lowest BCUT2D eigenvalue weighted by Crippen LogP contribution is -2.41. The molecule has 0 aliphatic heterocycles. The van der Waals surface area contributed by atoms with Gasteiger partial charge in [0.1, 0.15) is 0 Å². The summed E-state index contributed by atoms with van der Waals surface area (Å²) in [4.78, 5) is 24.4. The van der Waals surface area contributed by atoms with Crippen LogP contribution in [0.4, 0.5) is 0 Å². The van der Waals surface area contributed by atoms with Crippen molar-refractivity contribution >= 4 is 11.9 Å². The van der Waals surface area contributed by atoms with Crippen molar-refractivity contribution in [2.24, 2.45) is 5.41 Å². The molecule has 22 heavy (non-hydrogen) atoms. The fourth-order valence-electron chi connectivity index (χ4n) is 2.29. The molecule has 0 spiro atoms. The third-order valence-electron chi connectivity index (χ3n) is 3.91. The van der Waals surface area contributed by atoms with Gasteiger partial charge < -0.3 is 9.47 Å². The van der Waals surface area contributed by atoms with Crippen molar-refractivity contribution in [1.82, 2.24) is 0 Å². The van der Waals surface area contributed by atoms with Gasteiger partial charge in [-0.1, -0.05) is 45.6 Å². The minimum Gasteiger partial charge on any atom is -0.465 e. The number of hydrogen-bond acceptors (Lipinski definition) is 4. The largest absolute Gasteiger partial charge is 0.465 e. The van der Waals surface area contributed by atoms with Crippen LogP contribution in [0.1, 0.15) is 72.6 Å². The number of rotatable bonds is 12.